The summed E-state index contributed by atoms with van der Waals surface area (Å²) in [6.45, 7) is 8.81. The monoisotopic (exact) mass is 357 g/mol. The molecule has 0 unspecified atom stereocenters. The van der Waals surface area contributed by atoms with E-state index in [1.165, 1.54) is 0 Å². The van der Waals surface area contributed by atoms with E-state index in [-0.39, 0.29) is 12.1 Å². The lowest BCUT2D eigenvalue weighted by molar-refractivity contribution is 0.0526. The van der Waals surface area contributed by atoms with Crippen LogP contribution in [0.4, 0.5) is 0 Å². The second-order valence-electron chi connectivity index (χ2n) is 6.56. The lowest BCUT2D eigenvalue weighted by Gasteiger charge is -2.21. The second kappa shape index (κ2) is 9.80. The summed E-state index contributed by atoms with van der Waals surface area (Å²) < 4.78 is 16.9. The van der Waals surface area contributed by atoms with Gasteiger partial charge in [-0.25, -0.2) is 4.79 Å². The second-order valence-corrected chi connectivity index (χ2v) is 6.56. The van der Waals surface area contributed by atoms with Crippen molar-refractivity contribution in [2.75, 3.05) is 13.2 Å². The van der Waals surface area contributed by atoms with E-state index in [1.807, 2.05) is 19.1 Å². The highest BCUT2D eigenvalue weighted by atomic mass is 16.5. The first kappa shape index (κ1) is 19.8. The molecular formula is C21H27NO4. The number of carbonyl (C=O) groups is 1. The molecule has 0 aliphatic heterocycles. The fraction of sp³-hybridized carbons (Fsp3) is 0.429. The van der Waals surface area contributed by atoms with E-state index < -0.39 is 0 Å². The summed E-state index contributed by atoms with van der Waals surface area (Å²) in [7, 11) is 0. The van der Waals surface area contributed by atoms with Gasteiger partial charge in [0.1, 0.15) is 24.2 Å². The van der Waals surface area contributed by atoms with E-state index in [9.17, 15) is 4.79 Å². The molecule has 1 heterocycles. The Morgan fingerprint density at radius 1 is 1.08 bits per heavy atom. The normalized spacial score (nSPS) is 11.9. The SMILES string of the molecule is CCOC(=O)c1ccc(OC[C@H](CC(C)C)Oc2ccc(C)nc2)cc1. The molecule has 0 amide bonds. The van der Waals surface area contributed by atoms with Crippen molar-refractivity contribution in [3.05, 3.63) is 53.9 Å². The van der Waals surface area contributed by atoms with Crippen molar-refractivity contribution in [2.45, 2.75) is 40.2 Å². The molecule has 2 aromatic rings. The van der Waals surface area contributed by atoms with Gasteiger partial charge in [-0.1, -0.05) is 13.8 Å². The third-order valence-corrected chi connectivity index (χ3v) is 3.72. The fourth-order valence-electron chi connectivity index (χ4n) is 2.48. The third-order valence-electron chi connectivity index (χ3n) is 3.72. The number of pyridine rings is 1. The van der Waals surface area contributed by atoms with Gasteiger partial charge in [-0.05, 0) is 62.6 Å². The lowest BCUT2D eigenvalue weighted by atomic mass is 10.1. The molecule has 0 spiro atoms. The minimum absolute atomic E-state index is 0.0794. The molecule has 0 aliphatic carbocycles. The van der Waals surface area contributed by atoms with E-state index in [2.05, 4.69) is 18.8 Å². The summed E-state index contributed by atoms with van der Waals surface area (Å²) in [5.41, 5.74) is 1.47. The molecule has 0 bridgehead atoms. The Kier molecular flexibility index (Phi) is 7.45. The highest BCUT2D eigenvalue weighted by Gasteiger charge is 2.15. The highest BCUT2D eigenvalue weighted by Crippen LogP contribution is 2.18. The maximum Gasteiger partial charge on any atom is 0.338 e. The average molecular weight is 357 g/mol. The molecule has 0 saturated carbocycles. The zero-order valence-corrected chi connectivity index (χ0v) is 15.9. The molecule has 1 atom stereocenters. The van der Waals surface area contributed by atoms with Gasteiger partial charge in [0.05, 0.1) is 18.4 Å². The van der Waals surface area contributed by atoms with Gasteiger partial charge in [-0.3, -0.25) is 4.98 Å². The lowest BCUT2D eigenvalue weighted by Crippen LogP contribution is -2.26. The van der Waals surface area contributed by atoms with Crippen LogP contribution in [0.1, 0.15) is 43.2 Å². The number of carbonyl (C=O) groups excluding carboxylic acids is 1. The standard InChI is InChI=1S/C21H27NO4/c1-5-24-21(23)17-7-10-18(11-8-17)25-14-20(12-15(2)3)26-19-9-6-16(4)22-13-19/h6-11,13,15,20H,5,12,14H2,1-4H3/t20-/m0/s1. The number of rotatable bonds is 9. The Bertz CT molecular complexity index is 680. The Labute approximate surface area is 155 Å². The van der Waals surface area contributed by atoms with Crippen LogP contribution in [0.25, 0.3) is 0 Å². The number of esters is 1. The molecule has 0 N–H and O–H groups in total. The average Bonchev–Trinajstić information content (AvgIpc) is 2.62. The van der Waals surface area contributed by atoms with Crippen molar-refractivity contribution in [2.24, 2.45) is 5.92 Å². The van der Waals surface area contributed by atoms with Crippen LogP contribution in [0.3, 0.4) is 0 Å². The van der Waals surface area contributed by atoms with Crippen molar-refractivity contribution in [3.63, 3.8) is 0 Å². The molecule has 0 fully saturated rings. The van der Waals surface area contributed by atoms with Crippen molar-refractivity contribution in [1.29, 1.82) is 0 Å². The van der Waals surface area contributed by atoms with Crippen LogP contribution in [0.2, 0.25) is 0 Å². The van der Waals surface area contributed by atoms with Gasteiger partial charge in [-0.15, -0.1) is 0 Å². The summed E-state index contributed by atoms with van der Waals surface area (Å²) in [4.78, 5) is 15.9. The van der Waals surface area contributed by atoms with Crippen molar-refractivity contribution >= 4 is 5.97 Å². The molecule has 26 heavy (non-hydrogen) atoms. The van der Waals surface area contributed by atoms with Gasteiger partial charge in [0.25, 0.3) is 0 Å². The van der Waals surface area contributed by atoms with Gasteiger partial charge in [-0.2, -0.15) is 0 Å². The Balaban J connectivity index is 1.95. The van der Waals surface area contributed by atoms with Crippen molar-refractivity contribution in [1.82, 2.24) is 4.98 Å². The Hall–Kier alpha value is -2.56. The number of hydrogen-bond donors (Lipinski definition) is 0. The van der Waals surface area contributed by atoms with Gasteiger partial charge >= 0.3 is 5.97 Å². The number of aryl methyl sites for hydroxylation is 1. The van der Waals surface area contributed by atoms with Gasteiger partial charge in [0, 0.05) is 5.69 Å². The predicted molar refractivity (Wildman–Crippen MR) is 101 cm³/mol. The van der Waals surface area contributed by atoms with Crippen LogP contribution in [0, 0.1) is 12.8 Å². The molecule has 140 valence electrons. The third kappa shape index (κ3) is 6.39. The van der Waals surface area contributed by atoms with E-state index >= 15 is 0 Å². The van der Waals surface area contributed by atoms with Crippen LogP contribution < -0.4 is 9.47 Å². The Morgan fingerprint density at radius 3 is 2.35 bits per heavy atom. The quantitative estimate of drug-likeness (QED) is 0.621. The maximum atomic E-state index is 11.7. The molecule has 1 aromatic heterocycles. The number of aromatic nitrogens is 1. The van der Waals surface area contributed by atoms with E-state index in [0.717, 1.165) is 17.9 Å². The molecule has 0 aliphatic rings. The molecule has 0 saturated heterocycles. The fourth-order valence-corrected chi connectivity index (χ4v) is 2.48. The van der Waals surface area contributed by atoms with Crippen LogP contribution in [-0.2, 0) is 4.74 Å². The first-order valence-electron chi connectivity index (χ1n) is 8.97. The van der Waals surface area contributed by atoms with Gasteiger partial charge < -0.3 is 14.2 Å². The topological polar surface area (TPSA) is 57.7 Å². The first-order chi connectivity index (χ1) is 12.5. The summed E-state index contributed by atoms with van der Waals surface area (Å²) in [6.07, 6.45) is 2.52. The van der Waals surface area contributed by atoms with Crippen LogP contribution in [0.15, 0.2) is 42.6 Å². The summed E-state index contributed by atoms with van der Waals surface area (Å²) in [5, 5.41) is 0. The van der Waals surface area contributed by atoms with E-state index in [4.69, 9.17) is 14.2 Å². The zero-order chi connectivity index (χ0) is 18.9. The van der Waals surface area contributed by atoms with E-state index in [0.29, 0.717) is 30.4 Å². The number of benzene rings is 1. The summed E-state index contributed by atoms with van der Waals surface area (Å²) in [6, 6.07) is 10.8. The minimum atomic E-state index is -0.327. The molecular weight excluding hydrogens is 330 g/mol. The largest absolute Gasteiger partial charge is 0.490 e. The Morgan fingerprint density at radius 2 is 1.77 bits per heavy atom. The van der Waals surface area contributed by atoms with Crippen molar-refractivity contribution in [3.8, 4) is 11.5 Å². The van der Waals surface area contributed by atoms with Crippen LogP contribution >= 0.6 is 0 Å². The van der Waals surface area contributed by atoms with Gasteiger partial charge in [0.2, 0.25) is 0 Å². The molecule has 5 nitrogen and oxygen atoms in total. The number of nitrogens with zero attached hydrogens (tertiary/aromatic N) is 1. The summed E-state index contributed by atoms with van der Waals surface area (Å²) in [5.74, 6) is 1.58. The molecule has 2 rings (SSSR count). The first-order valence-corrected chi connectivity index (χ1v) is 8.97. The zero-order valence-electron chi connectivity index (χ0n) is 15.9. The summed E-state index contributed by atoms with van der Waals surface area (Å²) >= 11 is 0. The maximum absolute atomic E-state index is 11.7. The molecule has 0 radical (unpaired) electrons. The van der Waals surface area contributed by atoms with Crippen LogP contribution in [-0.4, -0.2) is 30.3 Å². The number of ether oxygens (including phenoxy) is 3. The van der Waals surface area contributed by atoms with E-state index in [1.54, 1.807) is 37.4 Å². The highest BCUT2D eigenvalue weighted by molar-refractivity contribution is 5.89. The minimum Gasteiger partial charge on any atom is -0.490 e. The van der Waals surface area contributed by atoms with Gasteiger partial charge in [0.15, 0.2) is 0 Å². The van der Waals surface area contributed by atoms with Crippen molar-refractivity contribution < 1.29 is 19.0 Å². The predicted octanol–water partition coefficient (Wildman–Crippen LogP) is 4.44. The molecule has 5 heteroatoms. The molecule has 1 aromatic carbocycles. The number of hydrogen-bond acceptors (Lipinski definition) is 5. The van der Waals surface area contributed by atoms with Crippen LogP contribution in [0.5, 0.6) is 11.5 Å². The smallest absolute Gasteiger partial charge is 0.338 e.